The number of carbonyl (C=O) groups excluding carboxylic acids is 1. The summed E-state index contributed by atoms with van der Waals surface area (Å²) >= 11 is 0. The number of hydrogen-bond donors (Lipinski definition) is 1. The predicted molar refractivity (Wildman–Crippen MR) is 54.6 cm³/mol. The van der Waals surface area contributed by atoms with Crippen LogP contribution in [0.4, 0.5) is 0 Å². The first-order valence-electron chi connectivity index (χ1n) is 5.20. The second-order valence-electron chi connectivity index (χ2n) is 4.32. The van der Waals surface area contributed by atoms with Crippen molar-refractivity contribution >= 4 is 5.91 Å². The zero-order chi connectivity index (χ0) is 10.1. The monoisotopic (exact) mass is 192 g/mol. The van der Waals surface area contributed by atoms with Gasteiger partial charge in [0.05, 0.1) is 0 Å². The molecule has 0 radical (unpaired) electrons. The average molecular weight is 192 g/mol. The van der Waals surface area contributed by atoms with Gasteiger partial charge in [0.25, 0.3) is 5.91 Å². The standard InChI is InChI=1S/C11H16N2O/c1-3-11(14)13(2)10-6-8-4-5-9(7-10)12-8/h1,8-10,12H,4-7H2,2H3. The number of terminal acetylenes is 1. The molecule has 0 aromatic heterocycles. The Labute approximate surface area is 84.8 Å². The number of hydrogen-bond acceptors (Lipinski definition) is 2. The first-order chi connectivity index (χ1) is 6.70. The zero-order valence-corrected chi connectivity index (χ0v) is 8.49. The van der Waals surface area contributed by atoms with Crippen molar-refractivity contribution in [2.24, 2.45) is 0 Å². The van der Waals surface area contributed by atoms with Gasteiger partial charge >= 0.3 is 0 Å². The fourth-order valence-corrected chi connectivity index (χ4v) is 2.61. The number of fused-ring (bicyclic) bond motifs is 2. The Morgan fingerprint density at radius 2 is 2.00 bits per heavy atom. The van der Waals surface area contributed by atoms with Crippen LogP contribution in [0.2, 0.25) is 0 Å². The Bertz CT molecular complexity index is 270. The van der Waals surface area contributed by atoms with Gasteiger partial charge in [-0.05, 0) is 31.6 Å². The molecule has 14 heavy (non-hydrogen) atoms. The van der Waals surface area contributed by atoms with E-state index in [1.165, 1.54) is 12.8 Å². The highest BCUT2D eigenvalue weighted by molar-refractivity contribution is 5.92. The number of piperidine rings is 1. The van der Waals surface area contributed by atoms with E-state index in [1.54, 1.807) is 4.90 Å². The molecule has 3 nitrogen and oxygen atoms in total. The second-order valence-corrected chi connectivity index (χ2v) is 4.32. The van der Waals surface area contributed by atoms with Crippen molar-refractivity contribution in [3.8, 4) is 12.3 Å². The molecule has 3 heteroatoms. The summed E-state index contributed by atoms with van der Waals surface area (Å²) in [6, 6.07) is 1.55. The Morgan fingerprint density at radius 3 is 2.50 bits per heavy atom. The molecule has 0 saturated carbocycles. The maximum atomic E-state index is 11.3. The fourth-order valence-electron chi connectivity index (χ4n) is 2.61. The maximum absolute atomic E-state index is 11.3. The lowest BCUT2D eigenvalue weighted by atomic mass is 9.98. The van der Waals surface area contributed by atoms with E-state index in [2.05, 4.69) is 11.2 Å². The van der Waals surface area contributed by atoms with Gasteiger partial charge in [0, 0.05) is 25.2 Å². The third-order valence-corrected chi connectivity index (χ3v) is 3.44. The third kappa shape index (κ3) is 1.62. The lowest BCUT2D eigenvalue weighted by Gasteiger charge is -2.34. The molecule has 76 valence electrons. The van der Waals surface area contributed by atoms with Crippen LogP contribution in [0.3, 0.4) is 0 Å². The van der Waals surface area contributed by atoms with Gasteiger partial charge in [-0.15, -0.1) is 6.42 Å². The van der Waals surface area contributed by atoms with Crippen molar-refractivity contribution in [1.82, 2.24) is 10.2 Å². The van der Waals surface area contributed by atoms with Crippen molar-refractivity contribution < 1.29 is 4.79 Å². The van der Waals surface area contributed by atoms with Crippen molar-refractivity contribution in [3.63, 3.8) is 0 Å². The minimum Gasteiger partial charge on any atom is -0.332 e. The van der Waals surface area contributed by atoms with E-state index in [9.17, 15) is 4.79 Å². The van der Waals surface area contributed by atoms with E-state index in [0.29, 0.717) is 18.1 Å². The summed E-state index contributed by atoms with van der Waals surface area (Å²) in [6.45, 7) is 0. The van der Waals surface area contributed by atoms with Crippen LogP contribution in [0.15, 0.2) is 0 Å². The first kappa shape index (κ1) is 9.54. The van der Waals surface area contributed by atoms with Gasteiger partial charge in [-0.2, -0.15) is 0 Å². The van der Waals surface area contributed by atoms with Crippen molar-refractivity contribution in [3.05, 3.63) is 0 Å². The number of rotatable bonds is 1. The fraction of sp³-hybridized carbons (Fsp3) is 0.727. The van der Waals surface area contributed by atoms with Gasteiger partial charge in [0.2, 0.25) is 0 Å². The number of nitrogens with one attached hydrogen (secondary N) is 1. The van der Waals surface area contributed by atoms with Crippen LogP contribution in [0, 0.1) is 12.3 Å². The number of amides is 1. The largest absolute Gasteiger partial charge is 0.332 e. The summed E-state index contributed by atoms with van der Waals surface area (Å²) in [5.41, 5.74) is 0. The normalized spacial score (nSPS) is 35.0. The minimum absolute atomic E-state index is 0.184. The Morgan fingerprint density at radius 1 is 1.43 bits per heavy atom. The molecule has 0 aromatic rings. The highest BCUT2D eigenvalue weighted by Gasteiger charge is 2.35. The molecule has 2 aliphatic rings. The topological polar surface area (TPSA) is 32.3 Å². The van der Waals surface area contributed by atoms with Gasteiger partial charge in [-0.3, -0.25) is 4.79 Å². The van der Waals surface area contributed by atoms with Crippen LogP contribution in [0.5, 0.6) is 0 Å². The van der Waals surface area contributed by atoms with Crippen LogP contribution in [0.25, 0.3) is 0 Å². The van der Waals surface area contributed by atoms with Gasteiger partial charge < -0.3 is 10.2 Å². The summed E-state index contributed by atoms with van der Waals surface area (Å²) in [7, 11) is 1.82. The summed E-state index contributed by atoms with van der Waals surface area (Å²) in [5, 5.41) is 3.54. The molecule has 2 fully saturated rings. The van der Waals surface area contributed by atoms with Gasteiger partial charge in [-0.1, -0.05) is 0 Å². The zero-order valence-electron chi connectivity index (χ0n) is 8.49. The van der Waals surface area contributed by atoms with E-state index in [0.717, 1.165) is 12.8 Å². The SMILES string of the molecule is C#CC(=O)N(C)C1CC2CCC(C1)N2. The Kier molecular flexibility index (Phi) is 2.47. The predicted octanol–water partition coefficient (Wildman–Crippen LogP) is 0.361. The van der Waals surface area contributed by atoms with Crippen LogP contribution in [-0.2, 0) is 4.79 Å². The summed E-state index contributed by atoms with van der Waals surface area (Å²) in [6.07, 6.45) is 9.72. The molecule has 2 rings (SSSR count). The van der Waals surface area contributed by atoms with E-state index < -0.39 is 0 Å². The Balaban J connectivity index is 1.99. The minimum atomic E-state index is -0.184. The smallest absolute Gasteiger partial charge is 0.298 e. The van der Waals surface area contributed by atoms with Gasteiger partial charge in [-0.25, -0.2) is 0 Å². The van der Waals surface area contributed by atoms with Crippen LogP contribution < -0.4 is 5.32 Å². The van der Waals surface area contributed by atoms with Crippen LogP contribution in [-0.4, -0.2) is 36.0 Å². The number of carbonyl (C=O) groups is 1. The maximum Gasteiger partial charge on any atom is 0.298 e. The van der Waals surface area contributed by atoms with E-state index >= 15 is 0 Å². The quantitative estimate of drug-likeness (QED) is 0.608. The molecular formula is C11H16N2O. The molecule has 2 bridgehead atoms. The molecule has 1 amide bonds. The molecule has 0 spiro atoms. The molecule has 2 heterocycles. The second kappa shape index (κ2) is 3.62. The van der Waals surface area contributed by atoms with Crippen molar-refractivity contribution in [2.45, 2.75) is 43.8 Å². The molecule has 2 saturated heterocycles. The van der Waals surface area contributed by atoms with Crippen molar-refractivity contribution in [2.75, 3.05) is 7.05 Å². The highest BCUT2D eigenvalue weighted by Crippen LogP contribution is 2.29. The lowest BCUT2D eigenvalue weighted by molar-refractivity contribution is -0.126. The molecule has 2 atom stereocenters. The first-order valence-corrected chi connectivity index (χ1v) is 5.20. The summed E-state index contributed by atoms with van der Waals surface area (Å²) in [4.78, 5) is 13.0. The van der Waals surface area contributed by atoms with Crippen molar-refractivity contribution in [1.29, 1.82) is 0 Å². The van der Waals surface area contributed by atoms with Gasteiger partial charge in [0.1, 0.15) is 0 Å². The van der Waals surface area contributed by atoms with Crippen LogP contribution >= 0.6 is 0 Å². The summed E-state index contributed by atoms with van der Waals surface area (Å²) < 4.78 is 0. The highest BCUT2D eigenvalue weighted by atomic mass is 16.2. The summed E-state index contributed by atoms with van der Waals surface area (Å²) in [5.74, 6) is 1.99. The van der Waals surface area contributed by atoms with E-state index in [4.69, 9.17) is 6.42 Å². The molecule has 0 aromatic carbocycles. The number of nitrogens with zero attached hydrogens (tertiary/aromatic N) is 1. The van der Waals surface area contributed by atoms with E-state index in [-0.39, 0.29) is 5.91 Å². The lowest BCUT2D eigenvalue weighted by Crippen LogP contribution is -2.48. The third-order valence-electron chi connectivity index (χ3n) is 3.44. The van der Waals surface area contributed by atoms with Gasteiger partial charge in [0.15, 0.2) is 0 Å². The molecule has 2 aliphatic heterocycles. The molecule has 0 aliphatic carbocycles. The molecule has 1 N–H and O–H groups in total. The van der Waals surface area contributed by atoms with E-state index in [1.807, 2.05) is 7.05 Å². The molecular weight excluding hydrogens is 176 g/mol. The molecule has 2 unspecified atom stereocenters. The average Bonchev–Trinajstić information content (AvgIpc) is 2.55. The Hall–Kier alpha value is -1.01. The van der Waals surface area contributed by atoms with Crippen LogP contribution in [0.1, 0.15) is 25.7 Å².